The van der Waals surface area contributed by atoms with Crippen LogP contribution in [0.4, 0.5) is 0 Å². The van der Waals surface area contributed by atoms with Crippen molar-refractivity contribution in [3.05, 3.63) is 58.9 Å². The van der Waals surface area contributed by atoms with Crippen LogP contribution in [0, 0.1) is 0 Å². The minimum atomic E-state index is 0.288. The van der Waals surface area contributed by atoms with Gasteiger partial charge in [0.1, 0.15) is 5.75 Å². The van der Waals surface area contributed by atoms with Gasteiger partial charge in [-0.05, 0) is 35.9 Å². The number of nitrogens with zero attached hydrogens (tertiary/aromatic N) is 1. The molecule has 0 radical (unpaired) electrons. The molecule has 0 fully saturated rings. The molecule has 1 aliphatic heterocycles. The molecule has 0 saturated heterocycles. The molecule has 2 heterocycles. The molecule has 19 heavy (non-hydrogen) atoms. The lowest BCUT2D eigenvalue weighted by molar-refractivity contribution is 0.252. The van der Waals surface area contributed by atoms with Gasteiger partial charge < -0.3 is 10.1 Å². The van der Waals surface area contributed by atoms with Crippen molar-refractivity contribution in [3.8, 4) is 5.75 Å². The molecule has 1 atom stereocenters. The minimum absolute atomic E-state index is 0.288. The van der Waals surface area contributed by atoms with E-state index in [1.54, 1.807) is 0 Å². The van der Waals surface area contributed by atoms with Crippen molar-refractivity contribution in [2.45, 2.75) is 19.0 Å². The van der Waals surface area contributed by atoms with Crippen LogP contribution in [-0.4, -0.2) is 11.6 Å². The molecule has 2 aromatic rings. The number of halogens is 1. The van der Waals surface area contributed by atoms with E-state index in [4.69, 9.17) is 16.3 Å². The molecule has 0 amide bonds. The standard InChI is InChI=1S/C15H15ClN2O/c16-12-1-2-15-13(9-12)14(5-8-19-15)18-10-11-3-6-17-7-4-11/h1-4,6-7,9,14,18H,5,8,10H2. The molecule has 0 aliphatic carbocycles. The van der Waals surface area contributed by atoms with E-state index in [9.17, 15) is 0 Å². The quantitative estimate of drug-likeness (QED) is 0.932. The SMILES string of the molecule is Clc1ccc2c(c1)C(NCc1ccncc1)CCO2. The van der Waals surface area contributed by atoms with Crippen LogP contribution in [0.5, 0.6) is 5.75 Å². The van der Waals surface area contributed by atoms with Crippen molar-refractivity contribution < 1.29 is 4.74 Å². The second-order valence-corrected chi connectivity index (χ2v) is 5.04. The highest BCUT2D eigenvalue weighted by Gasteiger charge is 2.21. The van der Waals surface area contributed by atoms with Crippen LogP contribution in [0.15, 0.2) is 42.7 Å². The van der Waals surface area contributed by atoms with Gasteiger partial charge in [0.2, 0.25) is 0 Å². The van der Waals surface area contributed by atoms with Crippen molar-refractivity contribution in [2.24, 2.45) is 0 Å². The number of hydrogen-bond acceptors (Lipinski definition) is 3. The van der Waals surface area contributed by atoms with Crippen LogP contribution in [0.25, 0.3) is 0 Å². The first-order valence-corrected chi connectivity index (χ1v) is 6.75. The van der Waals surface area contributed by atoms with Gasteiger partial charge >= 0.3 is 0 Å². The zero-order valence-electron chi connectivity index (χ0n) is 10.5. The van der Waals surface area contributed by atoms with Gasteiger partial charge in [-0.1, -0.05) is 11.6 Å². The Morgan fingerprint density at radius 1 is 1.26 bits per heavy atom. The smallest absolute Gasteiger partial charge is 0.124 e. The van der Waals surface area contributed by atoms with Gasteiger partial charge in [-0.2, -0.15) is 0 Å². The first-order chi connectivity index (χ1) is 9.33. The summed E-state index contributed by atoms with van der Waals surface area (Å²) < 4.78 is 5.65. The Kier molecular flexibility index (Phi) is 3.67. The summed E-state index contributed by atoms with van der Waals surface area (Å²) in [6.45, 7) is 1.56. The summed E-state index contributed by atoms with van der Waals surface area (Å²) >= 11 is 6.07. The molecule has 1 N–H and O–H groups in total. The summed E-state index contributed by atoms with van der Waals surface area (Å²) in [5.74, 6) is 0.933. The van der Waals surface area contributed by atoms with Crippen molar-refractivity contribution >= 4 is 11.6 Å². The molecule has 0 bridgehead atoms. The number of benzene rings is 1. The first kappa shape index (κ1) is 12.5. The van der Waals surface area contributed by atoms with E-state index in [0.717, 1.165) is 35.9 Å². The monoisotopic (exact) mass is 274 g/mol. The number of pyridine rings is 1. The molecular formula is C15H15ClN2O. The minimum Gasteiger partial charge on any atom is -0.493 e. The maximum absolute atomic E-state index is 6.07. The first-order valence-electron chi connectivity index (χ1n) is 6.37. The van der Waals surface area contributed by atoms with Crippen LogP contribution in [-0.2, 0) is 6.54 Å². The van der Waals surface area contributed by atoms with Gasteiger partial charge in [-0.3, -0.25) is 4.98 Å². The lowest BCUT2D eigenvalue weighted by Crippen LogP contribution is -2.26. The van der Waals surface area contributed by atoms with Crippen molar-refractivity contribution in [3.63, 3.8) is 0 Å². The maximum Gasteiger partial charge on any atom is 0.124 e. The molecule has 1 aromatic carbocycles. The molecular weight excluding hydrogens is 260 g/mol. The number of rotatable bonds is 3. The van der Waals surface area contributed by atoms with Gasteiger partial charge in [-0.25, -0.2) is 0 Å². The average Bonchev–Trinajstić information content (AvgIpc) is 2.46. The van der Waals surface area contributed by atoms with E-state index >= 15 is 0 Å². The summed E-state index contributed by atoms with van der Waals surface area (Å²) in [6.07, 6.45) is 4.58. The van der Waals surface area contributed by atoms with E-state index in [1.165, 1.54) is 5.56 Å². The third kappa shape index (κ3) is 2.88. The normalized spacial score (nSPS) is 17.6. The van der Waals surface area contributed by atoms with Gasteiger partial charge in [-0.15, -0.1) is 0 Å². The fraction of sp³-hybridized carbons (Fsp3) is 0.267. The van der Waals surface area contributed by atoms with Crippen LogP contribution in [0.2, 0.25) is 5.02 Å². The zero-order chi connectivity index (χ0) is 13.1. The second kappa shape index (κ2) is 5.59. The molecule has 3 nitrogen and oxygen atoms in total. The average molecular weight is 275 g/mol. The summed E-state index contributed by atoms with van der Waals surface area (Å²) in [5.41, 5.74) is 2.37. The van der Waals surface area contributed by atoms with E-state index in [1.807, 2.05) is 42.7 Å². The Hall–Kier alpha value is -1.58. The maximum atomic E-state index is 6.07. The van der Waals surface area contributed by atoms with E-state index in [0.29, 0.717) is 0 Å². The van der Waals surface area contributed by atoms with Crippen molar-refractivity contribution in [1.29, 1.82) is 0 Å². The highest BCUT2D eigenvalue weighted by Crippen LogP contribution is 2.34. The van der Waals surface area contributed by atoms with Gasteiger partial charge in [0, 0.05) is 42.0 Å². The van der Waals surface area contributed by atoms with E-state index in [-0.39, 0.29) is 6.04 Å². The predicted octanol–water partition coefficient (Wildman–Crippen LogP) is 3.35. The summed E-state index contributed by atoms with van der Waals surface area (Å²) in [7, 11) is 0. The van der Waals surface area contributed by atoms with Crippen molar-refractivity contribution in [2.75, 3.05) is 6.61 Å². The lowest BCUT2D eigenvalue weighted by atomic mass is 10.0. The van der Waals surface area contributed by atoms with Crippen LogP contribution in [0.3, 0.4) is 0 Å². The lowest BCUT2D eigenvalue weighted by Gasteiger charge is -2.27. The van der Waals surface area contributed by atoms with Crippen LogP contribution >= 0.6 is 11.6 Å². The molecule has 1 aromatic heterocycles. The number of hydrogen-bond donors (Lipinski definition) is 1. The fourth-order valence-electron chi connectivity index (χ4n) is 2.32. The molecule has 1 aliphatic rings. The van der Waals surface area contributed by atoms with Crippen molar-refractivity contribution in [1.82, 2.24) is 10.3 Å². The number of nitrogens with one attached hydrogen (secondary N) is 1. The molecule has 3 rings (SSSR count). The summed E-state index contributed by atoms with van der Waals surface area (Å²) in [5, 5.41) is 4.30. The zero-order valence-corrected chi connectivity index (χ0v) is 11.2. The predicted molar refractivity (Wildman–Crippen MR) is 75.4 cm³/mol. The molecule has 1 unspecified atom stereocenters. The third-order valence-corrected chi connectivity index (χ3v) is 3.55. The van der Waals surface area contributed by atoms with Gasteiger partial charge in [0.25, 0.3) is 0 Å². The van der Waals surface area contributed by atoms with Crippen LogP contribution < -0.4 is 10.1 Å². The summed E-state index contributed by atoms with van der Waals surface area (Å²) in [4.78, 5) is 4.02. The number of ether oxygens (including phenoxy) is 1. The number of fused-ring (bicyclic) bond motifs is 1. The Morgan fingerprint density at radius 3 is 2.95 bits per heavy atom. The van der Waals surface area contributed by atoms with Crippen LogP contribution in [0.1, 0.15) is 23.6 Å². The Labute approximate surface area is 117 Å². The Bertz CT molecular complexity index is 559. The molecule has 0 spiro atoms. The highest BCUT2D eigenvalue weighted by molar-refractivity contribution is 6.30. The topological polar surface area (TPSA) is 34.2 Å². The fourth-order valence-corrected chi connectivity index (χ4v) is 2.50. The second-order valence-electron chi connectivity index (χ2n) is 4.61. The third-order valence-electron chi connectivity index (χ3n) is 3.31. The molecule has 98 valence electrons. The highest BCUT2D eigenvalue weighted by atomic mass is 35.5. The Balaban J connectivity index is 1.75. The van der Waals surface area contributed by atoms with E-state index in [2.05, 4.69) is 10.3 Å². The summed E-state index contributed by atoms with van der Waals surface area (Å²) in [6, 6.07) is 10.1. The van der Waals surface area contributed by atoms with Gasteiger partial charge in [0.15, 0.2) is 0 Å². The molecule has 4 heteroatoms. The Morgan fingerprint density at radius 2 is 2.11 bits per heavy atom. The van der Waals surface area contributed by atoms with Gasteiger partial charge in [0.05, 0.1) is 6.61 Å². The largest absolute Gasteiger partial charge is 0.493 e. The van der Waals surface area contributed by atoms with E-state index < -0.39 is 0 Å². The number of aromatic nitrogens is 1. The molecule has 0 saturated carbocycles.